The summed E-state index contributed by atoms with van der Waals surface area (Å²) in [6, 6.07) is 0. The molecule has 0 aromatic carbocycles. The minimum atomic E-state index is -0.422. The first-order valence-corrected chi connectivity index (χ1v) is 4.31. The predicted octanol–water partition coefficient (Wildman–Crippen LogP) is 0.257. The minimum absolute atomic E-state index is 0.0395. The van der Waals surface area contributed by atoms with Gasteiger partial charge in [0.05, 0.1) is 19.3 Å². The standard InChI is InChI=1S/C9H14O4/c1-7(2-3-8-6-13-8)9(11)12-5-4-10/h8,10H,1-6H2. The van der Waals surface area contributed by atoms with Crippen LogP contribution in [-0.4, -0.2) is 37.0 Å². The van der Waals surface area contributed by atoms with Crippen molar-refractivity contribution in [3.63, 3.8) is 0 Å². The zero-order valence-corrected chi connectivity index (χ0v) is 7.49. The predicted molar refractivity (Wildman–Crippen MR) is 46.2 cm³/mol. The smallest absolute Gasteiger partial charge is 0.333 e. The van der Waals surface area contributed by atoms with E-state index in [4.69, 9.17) is 9.84 Å². The van der Waals surface area contributed by atoms with Gasteiger partial charge in [-0.15, -0.1) is 0 Å². The molecule has 1 rings (SSSR count). The molecule has 0 aromatic heterocycles. The van der Waals surface area contributed by atoms with E-state index in [0.717, 1.165) is 13.0 Å². The van der Waals surface area contributed by atoms with Crippen molar-refractivity contribution in [2.24, 2.45) is 0 Å². The molecule has 0 radical (unpaired) electrons. The second-order valence-corrected chi connectivity index (χ2v) is 2.96. The van der Waals surface area contributed by atoms with E-state index in [2.05, 4.69) is 11.3 Å². The van der Waals surface area contributed by atoms with Crippen molar-refractivity contribution in [1.82, 2.24) is 0 Å². The van der Waals surface area contributed by atoms with Gasteiger partial charge in [-0.05, 0) is 12.8 Å². The molecule has 1 aliphatic heterocycles. The summed E-state index contributed by atoms with van der Waals surface area (Å²) < 4.78 is 9.66. The van der Waals surface area contributed by atoms with Crippen molar-refractivity contribution < 1.29 is 19.4 Å². The molecule has 1 atom stereocenters. The summed E-state index contributed by atoms with van der Waals surface area (Å²) in [4.78, 5) is 11.1. The van der Waals surface area contributed by atoms with Crippen LogP contribution in [0.3, 0.4) is 0 Å². The molecule has 0 aliphatic carbocycles. The van der Waals surface area contributed by atoms with Gasteiger partial charge in [-0.2, -0.15) is 0 Å². The highest BCUT2D eigenvalue weighted by atomic mass is 16.6. The van der Waals surface area contributed by atoms with Crippen LogP contribution < -0.4 is 0 Å². The Morgan fingerprint density at radius 3 is 2.92 bits per heavy atom. The van der Waals surface area contributed by atoms with Crippen LogP contribution in [0.1, 0.15) is 12.8 Å². The maximum Gasteiger partial charge on any atom is 0.333 e. The fraction of sp³-hybridized carbons (Fsp3) is 0.667. The van der Waals surface area contributed by atoms with Crippen LogP contribution in [-0.2, 0) is 14.3 Å². The van der Waals surface area contributed by atoms with Crippen molar-refractivity contribution in [2.45, 2.75) is 18.9 Å². The number of esters is 1. The Morgan fingerprint density at radius 1 is 1.69 bits per heavy atom. The lowest BCUT2D eigenvalue weighted by atomic mass is 10.1. The largest absolute Gasteiger partial charge is 0.460 e. The maximum absolute atomic E-state index is 11.1. The SMILES string of the molecule is C=C(CCC1CO1)C(=O)OCCO. The van der Waals surface area contributed by atoms with Crippen LogP contribution in [0.25, 0.3) is 0 Å². The van der Waals surface area contributed by atoms with Crippen LogP contribution in [0.2, 0.25) is 0 Å². The average Bonchev–Trinajstić information content (AvgIpc) is 2.93. The molecule has 13 heavy (non-hydrogen) atoms. The number of hydrogen-bond donors (Lipinski definition) is 1. The van der Waals surface area contributed by atoms with Crippen LogP contribution in [0.5, 0.6) is 0 Å². The number of hydrogen-bond acceptors (Lipinski definition) is 4. The second kappa shape index (κ2) is 4.99. The number of carbonyl (C=O) groups is 1. The summed E-state index contributed by atoms with van der Waals surface area (Å²) in [5.41, 5.74) is 0.448. The van der Waals surface area contributed by atoms with Crippen LogP contribution in [0.4, 0.5) is 0 Å². The molecule has 1 saturated heterocycles. The Labute approximate surface area is 77.1 Å². The van der Waals surface area contributed by atoms with Gasteiger partial charge in [0.2, 0.25) is 0 Å². The van der Waals surface area contributed by atoms with Gasteiger partial charge >= 0.3 is 5.97 Å². The fourth-order valence-electron chi connectivity index (χ4n) is 0.912. The van der Waals surface area contributed by atoms with Crippen molar-refractivity contribution in [3.8, 4) is 0 Å². The number of epoxide rings is 1. The van der Waals surface area contributed by atoms with Crippen molar-refractivity contribution >= 4 is 5.97 Å². The third kappa shape index (κ3) is 4.05. The van der Waals surface area contributed by atoms with Gasteiger partial charge in [0, 0.05) is 5.57 Å². The van der Waals surface area contributed by atoms with E-state index in [1.165, 1.54) is 0 Å². The Kier molecular flexibility index (Phi) is 3.92. The fourth-order valence-corrected chi connectivity index (χ4v) is 0.912. The average molecular weight is 186 g/mol. The molecular weight excluding hydrogens is 172 g/mol. The molecule has 1 N–H and O–H groups in total. The molecule has 1 aliphatic rings. The molecule has 0 bridgehead atoms. The Morgan fingerprint density at radius 2 is 2.38 bits per heavy atom. The first kappa shape index (κ1) is 10.2. The number of ether oxygens (including phenoxy) is 2. The molecular formula is C9H14O4. The van der Waals surface area contributed by atoms with Crippen molar-refractivity contribution in [2.75, 3.05) is 19.8 Å². The summed E-state index contributed by atoms with van der Waals surface area (Å²) >= 11 is 0. The molecule has 0 amide bonds. The van der Waals surface area contributed by atoms with Gasteiger partial charge in [-0.25, -0.2) is 4.79 Å². The van der Waals surface area contributed by atoms with E-state index >= 15 is 0 Å². The first-order valence-electron chi connectivity index (χ1n) is 4.31. The van der Waals surface area contributed by atoms with Gasteiger partial charge < -0.3 is 14.6 Å². The first-order chi connectivity index (χ1) is 6.24. The number of aliphatic hydroxyl groups is 1. The summed E-state index contributed by atoms with van der Waals surface area (Å²) in [6.07, 6.45) is 1.74. The topological polar surface area (TPSA) is 59.1 Å². The van der Waals surface area contributed by atoms with E-state index in [0.29, 0.717) is 18.1 Å². The highest BCUT2D eigenvalue weighted by Gasteiger charge is 2.23. The van der Waals surface area contributed by atoms with Crippen LogP contribution >= 0.6 is 0 Å². The Balaban J connectivity index is 2.09. The molecule has 4 nitrogen and oxygen atoms in total. The van der Waals surface area contributed by atoms with Gasteiger partial charge in [0.15, 0.2) is 0 Å². The molecule has 0 saturated carbocycles. The number of aliphatic hydroxyl groups excluding tert-OH is 1. The van der Waals surface area contributed by atoms with E-state index in [9.17, 15) is 4.79 Å². The lowest BCUT2D eigenvalue weighted by Gasteiger charge is -2.04. The van der Waals surface area contributed by atoms with Crippen molar-refractivity contribution in [1.29, 1.82) is 0 Å². The van der Waals surface area contributed by atoms with Crippen molar-refractivity contribution in [3.05, 3.63) is 12.2 Å². The zero-order valence-electron chi connectivity index (χ0n) is 7.49. The molecule has 74 valence electrons. The summed E-state index contributed by atoms with van der Waals surface area (Å²) in [7, 11) is 0. The third-order valence-electron chi connectivity index (χ3n) is 1.78. The van der Waals surface area contributed by atoms with Gasteiger partial charge in [-0.3, -0.25) is 0 Å². The van der Waals surface area contributed by atoms with E-state index in [1.807, 2.05) is 0 Å². The zero-order chi connectivity index (χ0) is 9.68. The van der Waals surface area contributed by atoms with Gasteiger partial charge in [0.25, 0.3) is 0 Å². The highest BCUT2D eigenvalue weighted by molar-refractivity contribution is 5.87. The summed E-state index contributed by atoms with van der Waals surface area (Å²) in [5, 5.41) is 8.40. The molecule has 1 unspecified atom stereocenters. The lowest BCUT2D eigenvalue weighted by Crippen LogP contribution is -2.10. The molecule has 0 spiro atoms. The molecule has 0 aromatic rings. The van der Waals surface area contributed by atoms with E-state index < -0.39 is 5.97 Å². The van der Waals surface area contributed by atoms with E-state index in [1.54, 1.807) is 0 Å². The molecule has 4 heteroatoms. The molecule has 1 fully saturated rings. The highest BCUT2D eigenvalue weighted by Crippen LogP contribution is 2.18. The third-order valence-corrected chi connectivity index (χ3v) is 1.78. The monoisotopic (exact) mass is 186 g/mol. The van der Waals surface area contributed by atoms with Gasteiger partial charge in [0.1, 0.15) is 6.61 Å². The Bertz CT molecular complexity index is 196. The summed E-state index contributed by atoms with van der Waals surface area (Å²) in [5.74, 6) is -0.422. The maximum atomic E-state index is 11.1. The minimum Gasteiger partial charge on any atom is -0.460 e. The Hall–Kier alpha value is -0.870. The van der Waals surface area contributed by atoms with Crippen LogP contribution in [0, 0.1) is 0 Å². The summed E-state index contributed by atoms with van der Waals surface area (Å²) in [6.45, 7) is 4.28. The lowest BCUT2D eigenvalue weighted by molar-refractivity contribution is -0.140. The number of carbonyl (C=O) groups excluding carboxylic acids is 1. The normalized spacial score (nSPS) is 19.6. The van der Waals surface area contributed by atoms with Crippen LogP contribution in [0.15, 0.2) is 12.2 Å². The quantitative estimate of drug-likeness (QED) is 0.367. The van der Waals surface area contributed by atoms with E-state index in [-0.39, 0.29) is 13.2 Å². The molecule has 1 heterocycles. The number of rotatable bonds is 6. The van der Waals surface area contributed by atoms with Gasteiger partial charge in [-0.1, -0.05) is 6.58 Å². The second-order valence-electron chi connectivity index (χ2n) is 2.96.